The van der Waals surface area contributed by atoms with Crippen LogP contribution in [0.1, 0.15) is 39.0 Å². The van der Waals surface area contributed by atoms with E-state index >= 15 is 0 Å². The predicted octanol–water partition coefficient (Wildman–Crippen LogP) is 3.58. The SMILES string of the molecule is CCC1C2NN=CN2c2cnc(Nc3ccc(F)cc3)nc2N1C1CCCC1. The van der Waals surface area contributed by atoms with Gasteiger partial charge in [0.2, 0.25) is 5.95 Å². The second-order valence-corrected chi connectivity index (χ2v) is 7.58. The summed E-state index contributed by atoms with van der Waals surface area (Å²) in [5.41, 5.74) is 5.00. The fourth-order valence-electron chi connectivity index (χ4n) is 4.61. The van der Waals surface area contributed by atoms with Crippen LogP contribution in [0.15, 0.2) is 35.6 Å². The minimum absolute atomic E-state index is 0.109. The van der Waals surface area contributed by atoms with E-state index in [2.05, 4.69) is 37.6 Å². The zero-order valence-corrected chi connectivity index (χ0v) is 15.8. The summed E-state index contributed by atoms with van der Waals surface area (Å²) < 4.78 is 13.2. The van der Waals surface area contributed by atoms with Gasteiger partial charge in [-0.2, -0.15) is 10.1 Å². The number of hydrogen-bond donors (Lipinski definition) is 2. The molecular weight excluding hydrogens is 357 g/mol. The Labute approximate surface area is 163 Å². The molecule has 5 rings (SSSR count). The molecule has 146 valence electrons. The lowest BCUT2D eigenvalue weighted by atomic mass is 10.0. The largest absolute Gasteiger partial charge is 0.345 e. The summed E-state index contributed by atoms with van der Waals surface area (Å²) in [6, 6.07) is 7.00. The molecule has 0 saturated heterocycles. The molecule has 1 fully saturated rings. The lowest BCUT2D eigenvalue weighted by Crippen LogP contribution is -2.60. The molecule has 2 N–H and O–H groups in total. The van der Waals surface area contributed by atoms with Gasteiger partial charge in [0.25, 0.3) is 0 Å². The third-order valence-corrected chi connectivity index (χ3v) is 5.92. The van der Waals surface area contributed by atoms with E-state index in [1.165, 1.54) is 37.8 Å². The normalized spacial score (nSPS) is 23.5. The van der Waals surface area contributed by atoms with Crippen molar-refractivity contribution in [1.29, 1.82) is 0 Å². The van der Waals surface area contributed by atoms with Crippen molar-refractivity contribution in [1.82, 2.24) is 15.4 Å². The maximum atomic E-state index is 13.2. The quantitative estimate of drug-likeness (QED) is 0.844. The minimum Gasteiger partial charge on any atom is -0.345 e. The van der Waals surface area contributed by atoms with Gasteiger partial charge in [-0.1, -0.05) is 19.8 Å². The van der Waals surface area contributed by atoms with E-state index in [1.807, 2.05) is 12.5 Å². The topological polar surface area (TPSA) is 68.7 Å². The molecule has 1 aliphatic carbocycles. The highest BCUT2D eigenvalue weighted by atomic mass is 19.1. The number of aromatic nitrogens is 2. The molecule has 0 radical (unpaired) electrons. The number of hydrazone groups is 1. The Balaban J connectivity index is 1.54. The van der Waals surface area contributed by atoms with Crippen molar-refractivity contribution >= 4 is 29.5 Å². The van der Waals surface area contributed by atoms with Crippen molar-refractivity contribution in [2.75, 3.05) is 15.1 Å². The Bertz CT molecular complexity index is 879. The van der Waals surface area contributed by atoms with Crippen LogP contribution in [0.5, 0.6) is 0 Å². The number of anilines is 4. The zero-order chi connectivity index (χ0) is 19.1. The first kappa shape index (κ1) is 17.2. The summed E-state index contributed by atoms with van der Waals surface area (Å²) in [5.74, 6) is 1.21. The van der Waals surface area contributed by atoms with Crippen molar-refractivity contribution in [2.45, 2.75) is 57.3 Å². The summed E-state index contributed by atoms with van der Waals surface area (Å²) in [5, 5.41) is 7.50. The Morgan fingerprint density at radius 2 is 2.00 bits per heavy atom. The van der Waals surface area contributed by atoms with E-state index in [-0.39, 0.29) is 18.0 Å². The van der Waals surface area contributed by atoms with Gasteiger partial charge in [-0.25, -0.2) is 9.37 Å². The van der Waals surface area contributed by atoms with E-state index < -0.39 is 0 Å². The Hall–Kier alpha value is -2.90. The number of nitrogens with zero attached hydrogens (tertiary/aromatic N) is 5. The molecular formula is C20H24FN7. The molecule has 1 aromatic carbocycles. The molecule has 0 bridgehead atoms. The highest BCUT2D eigenvalue weighted by Gasteiger charge is 2.44. The van der Waals surface area contributed by atoms with Gasteiger partial charge in [-0.3, -0.25) is 5.43 Å². The zero-order valence-electron chi connectivity index (χ0n) is 15.8. The van der Waals surface area contributed by atoms with Gasteiger partial charge in [0.1, 0.15) is 24.0 Å². The number of halogens is 1. The minimum atomic E-state index is -0.262. The molecule has 2 atom stereocenters. The van der Waals surface area contributed by atoms with Crippen LogP contribution in [-0.2, 0) is 0 Å². The number of hydrogen-bond acceptors (Lipinski definition) is 7. The fourth-order valence-corrected chi connectivity index (χ4v) is 4.61. The molecule has 0 spiro atoms. The highest BCUT2D eigenvalue weighted by molar-refractivity contribution is 5.89. The summed E-state index contributed by atoms with van der Waals surface area (Å²) in [7, 11) is 0. The Kier molecular flexibility index (Phi) is 4.26. The maximum absolute atomic E-state index is 13.2. The molecule has 2 unspecified atom stereocenters. The molecule has 7 nitrogen and oxygen atoms in total. The second kappa shape index (κ2) is 6.92. The second-order valence-electron chi connectivity index (χ2n) is 7.58. The molecule has 8 heteroatoms. The van der Waals surface area contributed by atoms with Gasteiger partial charge in [0.05, 0.1) is 12.2 Å². The average molecular weight is 381 g/mol. The first-order valence-corrected chi connectivity index (χ1v) is 9.99. The predicted molar refractivity (Wildman–Crippen MR) is 108 cm³/mol. The van der Waals surface area contributed by atoms with Crippen molar-refractivity contribution in [2.24, 2.45) is 5.10 Å². The number of nitrogens with one attached hydrogen (secondary N) is 2. The van der Waals surface area contributed by atoms with Crippen LogP contribution >= 0.6 is 0 Å². The Morgan fingerprint density at radius 1 is 1.21 bits per heavy atom. The van der Waals surface area contributed by atoms with Crippen molar-refractivity contribution in [3.8, 4) is 0 Å². The van der Waals surface area contributed by atoms with Crippen molar-refractivity contribution in [3.63, 3.8) is 0 Å². The molecule has 1 saturated carbocycles. The molecule has 3 aliphatic rings. The first-order valence-electron chi connectivity index (χ1n) is 9.99. The number of fused-ring (bicyclic) bond motifs is 3. The van der Waals surface area contributed by atoms with E-state index in [0.717, 1.165) is 23.6 Å². The van der Waals surface area contributed by atoms with E-state index in [1.54, 1.807) is 12.1 Å². The molecule has 2 aliphatic heterocycles. The van der Waals surface area contributed by atoms with Gasteiger partial charge in [-0.15, -0.1) is 0 Å². The smallest absolute Gasteiger partial charge is 0.229 e. The molecule has 3 heterocycles. The van der Waals surface area contributed by atoms with Gasteiger partial charge < -0.3 is 15.1 Å². The van der Waals surface area contributed by atoms with Gasteiger partial charge >= 0.3 is 0 Å². The van der Waals surface area contributed by atoms with Gasteiger partial charge in [-0.05, 0) is 43.5 Å². The third-order valence-electron chi connectivity index (χ3n) is 5.92. The standard InChI is InChI=1S/C20H24FN7/c1-2-16-19-26-23-12-27(19)17-11-22-20(24-14-9-7-13(21)8-10-14)25-18(17)28(16)15-5-3-4-6-15/h7-12,15-16,19,26H,2-6H2,1H3,(H,22,24,25). The van der Waals surface area contributed by atoms with Crippen LogP contribution in [0.25, 0.3) is 0 Å². The van der Waals surface area contributed by atoms with Gasteiger partial charge in [0.15, 0.2) is 5.82 Å². The van der Waals surface area contributed by atoms with Crippen LogP contribution < -0.4 is 20.5 Å². The number of rotatable bonds is 4. The lowest BCUT2D eigenvalue weighted by molar-refractivity contribution is 0.385. The summed E-state index contributed by atoms with van der Waals surface area (Å²) in [6.45, 7) is 2.22. The number of benzene rings is 1. The van der Waals surface area contributed by atoms with Crippen molar-refractivity contribution in [3.05, 3.63) is 36.3 Å². The maximum Gasteiger partial charge on any atom is 0.229 e. The summed E-state index contributed by atoms with van der Waals surface area (Å²) in [4.78, 5) is 14.0. The molecule has 0 amide bonds. The van der Waals surface area contributed by atoms with Gasteiger partial charge in [0, 0.05) is 11.7 Å². The van der Waals surface area contributed by atoms with Crippen LogP contribution in [0.2, 0.25) is 0 Å². The third kappa shape index (κ3) is 2.83. The molecule has 28 heavy (non-hydrogen) atoms. The van der Waals surface area contributed by atoms with E-state index in [0.29, 0.717) is 12.0 Å². The first-order chi connectivity index (χ1) is 13.7. The highest BCUT2D eigenvalue weighted by Crippen LogP contribution is 2.42. The Morgan fingerprint density at radius 3 is 2.75 bits per heavy atom. The summed E-state index contributed by atoms with van der Waals surface area (Å²) in [6.07, 6.45) is 9.69. The molecule has 1 aromatic heterocycles. The average Bonchev–Trinajstić information content (AvgIpc) is 3.40. The summed E-state index contributed by atoms with van der Waals surface area (Å²) >= 11 is 0. The van der Waals surface area contributed by atoms with Crippen LogP contribution in [0.3, 0.4) is 0 Å². The van der Waals surface area contributed by atoms with Crippen LogP contribution in [0, 0.1) is 5.82 Å². The van der Waals surface area contributed by atoms with Crippen LogP contribution in [0.4, 0.5) is 27.5 Å². The fraction of sp³-hybridized carbons (Fsp3) is 0.450. The van der Waals surface area contributed by atoms with E-state index in [4.69, 9.17) is 4.98 Å². The van der Waals surface area contributed by atoms with Crippen LogP contribution in [-0.4, -0.2) is 34.6 Å². The molecule has 2 aromatic rings. The van der Waals surface area contributed by atoms with Crippen molar-refractivity contribution < 1.29 is 4.39 Å². The lowest BCUT2D eigenvalue weighted by Gasteiger charge is -2.47. The van der Waals surface area contributed by atoms with E-state index in [9.17, 15) is 4.39 Å². The monoisotopic (exact) mass is 381 g/mol.